The fourth-order valence-electron chi connectivity index (χ4n) is 2.28. The number of esters is 1. The third kappa shape index (κ3) is 7.31. The molecule has 1 atom stereocenters. The number of hydrogen-bond acceptors (Lipinski definition) is 9. The van der Waals surface area contributed by atoms with Gasteiger partial charge >= 0.3 is 11.9 Å². The highest BCUT2D eigenvalue weighted by molar-refractivity contribution is 9.10. The van der Waals surface area contributed by atoms with Crippen molar-refractivity contribution < 1.29 is 28.8 Å². The maximum atomic E-state index is 12.4. The fourth-order valence-corrected chi connectivity index (χ4v) is 4.88. The van der Waals surface area contributed by atoms with Crippen molar-refractivity contribution in [2.24, 2.45) is 5.41 Å². The molecular formula is C18H21BrN2O6S2. The highest BCUT2D eigenvalue weighted by Crippen LogP contribution is 2.30. The maximum Gasteiger partial charge on any atom is 0.346 e. The van der Waals surface area contributed by atoms with Crippen molar-refractivity contribution in [1.82, 2.24) is 10.0 Å². The second-order valence-corrected chi connectivity index (χ2v) is 10.3. The number of rotatable bonds is 10. The number of imide groups is 1. The van der Waals surface area contributed by atoms with Crippen LogP contribution in [0, 0.1) is 5.41 Å². The van der Waals surface area contributed by atoms with E-state index < -0.39 is 34.0 Å². The predicted octanol–water partition coefficient (Wildman–Crippen LogP) is 3.15. The van der Waals surface area contributed by atoms with Gasteiger partial charge in [-0.15, -0.1) is 5.06 Å². The summed E-state index contributed by atoms with van der Waals surface area (Å²) in [6, 6.07) is 5.63. The smallest absolute Gasteiger partial charge is 0.346 e. The lowest BCUT2D eigenvalue weighted by molar-refractivity contribution is -0.197. The normalized spacial score (nSPS) is 15.3. The van der Waals surface area contributed by atoms with Crippen molar-refractivity contribution in [3.8, 4) is 0 Å². The minimum absolute atomic E-state index is 0.0213. The van der Waals surface area contributed by atoms with Crippen LogP contribution in [0.25, 0.3) is 0 Å². The van der Waals surface area contributed by atoms with Gasteiger partial charge in [0.2, 0.25) is 0 Å². The molecule has 8 nitrogen and oxygen atoms in total. The van der Waals surface area contributed by atoms with E-state index in [1.807, 2.05) is 18.2 Å². The van der Waals surface area contributed by atoms with E-state index in [2.05, 4.69) is 20.9 Å². The van der Waals surface area contributed by atoms with Crippen molar-refractivity contribution in [3.63, 3.8) is 0 Å². The molecule has 0 saturated carbocycles. The first-order valence-corrected chi connectivity index (χ1v) is 12.0. The highest BCUT2D eigenvalue weighted by atomic mass is 79.9. The number of hydrogen-bond donors (Lipinski definition) is 0. The molecule has 1 aromatic rings. The number of aromatic nitrogens is 1. The van der Waals surface area contributed by atoms with E-state index in [-0.39, 0.29) is 25.9 Å². The Morgan fingerprint density at radius 2 is 1.97 bits per heavy atom. The summed E-state index contributed by atoms with van der Waals surface area (Å²) in [7, 11) is 3.02. The molecule has 1 aliphatic heterocycles. The van der Waals surface area contributed by atoms with Gasteiger partial charge in [0.25, 0.3) is 11.8 Å². The van der Waals surface area contributed by atoms with Gasteiger partial charge in [0.05, 0.1) is 5.41 Å². The number of pyridine rings is 1. The van der Waals surface area contributed by atoms with Crippen LogP contribution in [0.15, 0.2) is 29.4 Å². The molecule has 2 amide bonds. The van der Waals surface area contributed by atoms with E-state index in [0.29, 0.717) is 10.8 Å². The number of carbonyl (C=O) groups is 4. The summed E-state index contributed by atoms with van der Waals surface area (Å²) in [5.41, 5.74) is -0.967. The van der Waals surface area contributed by atoms with Crippen molar-refractivity contribution in [1.29, 1.82) is 0 Å². The third-order valence-electron chi connectivity index (χ3n) is 3.87. The molecular weight excluding hydrogens is 484 g/mol. The SMILES string of the molecule is CC(C)(CC(Br)C(=O)ON1C(=O)CCC1=O)C(=O)OCCSSc1ccccn1. The standard InChI is InChI=1S/C18H21BrN2O6S2/c1-18(2,11-12(19)16(24)27-21-14(22)6-7-15(21)23)17(25)26-9-10-28-29-13-5-3-4-8-20-13/h3-5,8,12H,6-7,9-11H2,1-2H3. The minimum atomic E-state index is -0.967. The summed E-state index contributed by atoms with van der Waals surface area (Å²) in [5, 5.41) is 1.36. The molecule has 0 radical (unpaired) electrons. The number of amides is 2. The quantitative estimate of drug-likeness (QED) is 0.156. The molecule has 2 rings (SSSR count). The fraction of sp³-hybridized carbons (Fsp3) is 0.500. The van der Waals surface area contributed by atoms with Gasteiger partial charge in [0.15, 0.2) is 0 Å². The lowest BCUT2D eigenvalue weighted by Crippen LogP contribution is -2.38. The number of halogens is 1. The van der Waals surface area contributed by atoms with E-state index in [1.54, 1.807) is 20.0 Å². The Balaban J connectivity index is 1.72. The molecule has 11 heteroatoms. The van der Waals surface area contributed by atoms with Crippen LogP contribution in [-0.4, -0.2) is 51.0 Å². The maximum absolute atomic E-state index is 12.4. The van der Waals surface area contributed by atoms with Gasteiger partial charge < -0.3 is 9.57 Å². The Morgan fingerprint density at radius 3 is 2.59 bits per heavy atom. The van der Waals surface area contributed by atoms with E-state index in [0.717, 1.165) is 5.03 Å². The molecule has 1 aromatic heterocycles. The number of carbonyl (C=O) groups excluding carboxylic acids is 4. The Labute approximate surface area is 184 Å². The van der Waals surface area contributed by atoms with Crippen molar-refractivity contribution >= 4 is 61.3 Å². The zero-order valence-corrected chi connectivity index (χ0v) is 19.2. The van der Waals surface area contributed by atoms with Crippen LogP contribution in [0.2, 0.25) is 0 Å². The summed E-state index contributed by atoms with van der Waals surface area (Å²) < 4.78 is 5.31. The topological polar surface area (TPSA) is 103 Å². The second-order valence-electron chi connectivity index (χ2n) is 6.76. The number of ether oxygens (including phenoxy) is 1. The minimum Gasteiger partial charge on any atom is -0.464 e. The molecule has 0 bridgehead atoms. The number of alkyl halides is 1. The first kappa shape index (κ1) is 23.7. The van der Waals surface area contributed by atoms with Crippen LogP contribution in [0.4, 0.5) is 0 Å². The van der Waals surface area contributed by atoms with E-state index in [9.17, 15) is 19.2 Å². The highest BCUT2D eigenvalue weighted by Gasteiger charge is 2.38. The van der Waals surface area contributed by atoms with Gasteiger partial charge in [-0.1, -0.05) is 32.8 Å². The average Bonchev–Trinajstić information content (AvgIpc) is 3.00. The van der Waals surface area contributed by atoms with Crippen LogP contribution in [0.5, 0.6) is 0 Å². The third-order valence-corrected chi connectivity index (χ3v) is 6.79. The van der Waals surface area contributed by atoms with Crippen molar-refractivity contribution in [2.45, 2.75) is 43.0 Å². The van der Waals surface area contributed by atoms with Gasteiger partial charge in [-0.05, 0) is 43.2 Å². The zero-order valence-electron chi connectivity index (χ0n) is 16.0. The average molecular weight is 505 g/mol. The lowest BCUT2D eigenvalue weighted by Gasteiger charge is -2.25. The molecule has 2 heterocycles. The predicted molar refractivity (Wildman–Crippen MR) is 112 cm³/mol. The molecule has 1 fully saturated rings. The zero-order chi connectivity index (χ0) is 21.4. The molecule has 1 unspecified atom stereocenters. The van der Waals surface area contributed by atoms with Crippen LogP contribution in [0.1, 0.15) is 33.1 Å². The number of nitrogens with zero attached hydrogens (tertiary/aromatic N) is 2. The summed E-state index contributed by atoms with van der Waals surface area (Å²) in [5.74, 6) is -1.78. The summed E-state index contributed by atoms with van der Waals surface area (Å²) >= 11 is 3.17. The van der Waals surface area contributed by atoms with E-state index in [1.165, 1.54) is 21.6 Å². The first-order valence-electron chi connectivity index (χ1n) is 8.80. The van der Waals surface area contributed by atoms with Gasteiger partial charge in [-0.25, -0.2) is 9.78 Å². The van der Waals surface area contributed by atoms with Crippen LogP contribution < -0.4 is 0 Å². The lowest BCUT2D eigenvalue weighted by atomic mass is 9.88. The Morgan fingerprint density at radius 1 is 1.28 bits per heavy atom. The molecule has 29 heavy (non-hydrogen) atoms. The van der Waals surface area contributed by atoms with Gasteiger partial charge in [-0.2, -0.15) is 0 Å². The van der Waals surface area contributed by atoms with Crippen LogP contribution >= 0.6 is 37.5 Å². The Kier molecular flexibility index (Phi) is 8.97. The molecule has 0 aromatic carbocycles. The van der Waals surface area contributed by atoms with E-state index >= 15 is 0 Å². The summed E-state index contributed by atoms with van der Waals surface area (Å²) in [6.07, 6.45) is 1.83. The van der Waals surface area contributed by atoms with Gasteiger partial charge in [0.1, 0.15) is 16.5 Å². The second kappa shape index (κ2) is 11.0. The summed E-state index contributed by atoms with van der Waals surface area (Å²) in [4.78, 5) is 55.7. The summed E-state index contributed by atoms with van der Waals surface area (Å²) in [6.45, 7) is 3.53. The molecule has 158 valence electrons. The van der Waals surface area contributed by atoms with Crippen LogP contribution in [0.3, 0.4) is 0 Å². The Hall–Kier alpha value is -1.59. The van der Waals surface area contributed by atoms with Gasteiger partial charge in [0, 0.05) is 24.8 Å². The molecule has 0 N–H and O–H groups in total. The van der Waals surface area contributed by atoms with E-state index in [4.69, 9.17) is 9.57 Å². The largest absolute Gasteiger partial charge is 0.464 e. The Bertz CT molecular complexity index is 746. The van der Waals surface area contributed by atoms with Crippen molar-refractivity contribution in [3.05, 3.63) is 24.4 Å². The molecule has 1 saturated heterocycles. The van der Waals surface area contributed by atoms with Crippen molar-refractivity contribution in [2.75, 3.05) is 12.4 Å². The number of hydroxylamine groups is 2. The first-order chi connectivity index (χ1) is 13.7. The monoisotopic (exact) mass is 504 g/mol. The molecule has 0 aliphatic carbocycles. The molecule has 0 spiro atoms. The van der Waals surface area contributed by atoms with Gasteiger partial charge in [-0.3, -0.25) is 14.4 Å². The van der Waals surface area contributed by atoms with Crippen LogP contribution in [-0.2, 0) is 28.8 Å². The molecule has 1 aliphatic rings.